The molecule has 1 aromatic carbocycles. The van der Waals surface area contributed by atoms with Crippen LogP contribution in [-0.2, 0) is 14.9 Å². The molecule has 0 fully saturated rings. The molecule has 1 aromatic rings. The molecule has 0 aliphatic rings. The predicted molar refractivity (Wildman–Crippen MR) is 57.7 cm³/mol. The van der Waals surface area contributed by atoms with Gasteiger partial charge in [-0.25, -0.2) is 4.85 Å². The van der Waals surface area contributed by atoms with Crippen molar-refractivity contribution >= 4 is 11.7 Å². The van der Waals surface area contributed by atoms with Crippen LogP contribution in [0.5, 0.6) is 0 Å². The maximum atomic E-state index is 11.5. The van der Waals surface area contributed by atoms with Gasteiger partial charge in [0.15, 0.2) is 5.69 Å². The van der Waals surface area contributed by atoms with Crippen LogP contribution in [0.15, 0.2) is 24.3 Å². The first-order valence-corrected chi connectivity index (χ1v) is 4.59. The normalized spacial score (nSPS) is 10.5. The van der Waals surface area contributed by atoms with Gasteiger partial charge in [-0.2, -0.15) is 0 Å². The third-order valence-electron chi connectivity index (χ3n) is 2.41. The van der Waals surface area contributed by atoms with Crippen LogP contribution < -0.4 is 0 Å². The van der Waals surface area contributed by atoms with Gasteiger partial charge in [-0.1, -0.05) is 24.3 Å². The largest absolute Gasteiger partial charge is 0.468 e. The second-order valence-corrected chi connectivity index (χ2v) is 3.78. The zero-order valence-corrected chi connectivity index (χ0v) is 9.07. The molecular weight excluding hydrogens is 190 g/mol. The smallest absolute Gasteiger partial charge is 0.315 e. The molecule has 0 atom stereocenters. The lowest BCUT2D eigenvalue weighted by atomic mass is 9.85. The van der Waals surface area contributed by atoms with Crippen molar-refractivity contribution in [3.63, 3.8) is 0 Å². The summed E-state index contributed by atoms with van der Waals surface area (Å²) in [6.45, 7) is 10.4. The quantitative estimate of drug-likeness (QED) is 0.546. The summed E-state index contributed by atoms with van der Waals surface area (Å²) < 4.78 is 4.73. The van der Waals surface area contributed by atoms with Gasteiger partial charge in [0.1, 0.15) is 0 Å². The van der Waals surface area contributed by atoms with E-state index in [-0.39, 0.29) is 5.97 Å². The molecule has 0 aliphatic heterocycles. The summed E-state index contributed by atoms with van der Waals surface area (Å²) in [5.74, 6) is -0.280. The van der Waals surface area contributed by atoms with Crippen LogP contribution in [0.4, 0.5) is 5.69 Å². The number of esters is 1. The standard InChI is InChI=1S/C12H13NO2/c1-12(2,11(14)15-4)9-5-7-10(13-3)8-6-9/h5-8H,1-2,4H3. The predicted octanol–water partition coefficient (Wildman–Crippen LogP) is 2.69. The Labute approximate surface area is 89.5 Å². The SMILES string of the molecule is [C-]#[N+]c1ccc(C(C)(C)C(=O)OC)cc1. The third kappa shape index (κ3) is 2.16. The van der Waals surface area contributed by atoms with Crippen molar-refractivity contribution in [2.45, 2.75) is 19.3 Å². The lowest BCUT2D eigenvalue weighted by molar-refractivity contribution is -0.146. The summed E-state index contributed by atoms with van der Waals surface area (Å²) in [6, 6.07) is 6.97. The molecule has 0 N–H and O–H groups in total. The summed E-state index contributed by atoms with van der Waals surface area (Å²) >= 11 is 0. The first-order valence-electron chi connectivity index (χ1n) is 4.59. The van der Waals surface area contributed by atoms with E-state index in [0.29, 0.717) is 5.69 Å². The molecule has 0 radical (unpaired) electrons. The summed E-state index contributed by atoms with van der Waals surface area (Å²) in [5, 5.41) is 0. The summed E-state index contributed by atoms with van der Waals surface area (Å²) in [6.07, 6.45) is 0. The molecule has 0 saturated heterocycles. The lowest BCUT2D eigenvalue weighted by Crippen LogP contribution is -2.30. The van der Waals surface area contributed by atoms with Gasteiger partial charge in [-0.05, 0) is 19.4 Å². The first-order chi connectivity index (χ1) is 7.02. The van der Waals surface area contributed by atoms with E-state index in [9.17, 15) is 4.79 Å². The van der Waals surface area contributed by atoms with Crippen molar-refractivity contribution in [1.82, 2.24) is 0 Å². The van der Waals surface area contributed by atoms with Gasteiger partial charge < -0.3 is 4.74 Å². The van der Waals surface area contributed by atoms with E-state index < -0.39 is 5.41 Å². The molecule has 0 saturated carbocycles. The molecule has 3 heteroatoms. The van der Waals surface area contributed by atoms with Gasteiger partial charge in [-0.3, -0.25) is 4.79 Å². The zero-order chi connectivity index (χ0) is 11.5. The summed E-state index contributed by atoms with van der Waals surface area (Å²) in [7, 11) is 1.37. The second kappa shape index (κ2) is 4.14. The fraction of sp³-hybridized carbons (Fsp3) is 0.333. The van der Waals surface area contributed by atoms with E-state index in [0.717, 1.165) is 5.56 Å². The average Bonchev–Trinajstić information content (AvgIpc) is 2.28. The monoisotopic (exact) mass is 203 g/mol. The minimum atomic E-state index is -0.671. The summed E-state index contributed by atoms with van der Waals surface area (Å²) in [5.41, 5.74) is 0.746. The molecule has 3 nitrogen and oxygen atoms in total. The minimum Gasteiger partial charge on any atom is -0.468 e. The topological polar surface area (TPSA) is 30.7 Å². The Hall–Kier alpha value is -1.82. The Morgan fingerprint density at radius 1 is 1.33 bits per heavy atom. The van der Waals surface area contributed by atoms with Gasteiger partial charge in [0.2, 0.25) is 0 Å². The number of ether oxygens (including phenoxy) is 1. The lowest BCUT2D eigenvalue weighted by Gasteiger charge is -2.21. The Morgan fingerprint density at radius 3 is 2.27 bits per heavy atom. The molecule has 0 unspecified atom stereocenters. The second-order valence-electron chi connectivity index (χ2n) is 3.78. The number of hydrogen-bond donors (Lipinski definition) is 0. The van der Waals surface area contributed by atoms with Crippen LogP contribution in [0.1, 0.15) is 19.4 Å². The molecule has 0 bridgehead atoms. The van der Waals surface area contributed by atoms with Crippen LogP contribution >= 0.6 is 0 Å². The molecule has 0 amide bonds. The number of nitrogens with zero attached hydrogens (tertiary/aromatic N) is 1. The summed E-state index contributed by atoms with van der Waals surface area (Å²) in [4.78, 5) is 14.8. The van der Waals surface area contributed by atoms with Crippen LogP contribution in [0, 0.1) is 6.57 Å². The van der Waals surface area contributed by atoms with E-state index in [2.05, 4.69) is 4.85 Å². The van der Waals surface area contributed by atoms with Gasteiger partial charge in [0.25, 0.3) is 0 Å². The van der Waals surface area contributed by atoms with Crippen molar-refractivity contribution in [1.29, 1.82) is 0 Å². The zero-order valence-electron chi connectivity index (χ0n) is 9.07. The van der Waals surface area contributed by atoms with E-state index in [1.54, 1.807) is 38.1 Å². The molecule has 15 heavy (non-hydrogen) atoms. The number of rotatable bonds is 2. The highest BCUT2D eigenvalue weighted by atomic mass is 16.5. The van der Waals surface area contributed by atoms with Crippen molar-refractivity contribution in [2.75, 3.05) is 7.11 Å². The molecule has 0 aromatic heterocycles. The van der Waals surface area contributed by atoms with Crippen molar-refractivity contribution in [3.05, 3.63) is 41.2 Å². The number of carbonyl (C=O) groups is 1. The molecule has 0 spiro atoms. The fourth-order valence-corrected chi connectivity index (χ4v) is 1.33. The van der Waals surface area contributed by atoms with Crippen molar-refractivity contribution < 1.29 is 9.53 Å². The van der Waals surface area contributed by atoms with Crippen molar-refractivity contribution in [3.8, 4) is 0 Å². The molecule has 78 valence electrons. The van der Waals surface area contributed by atoms with Gasteiger partial charge >= 0.3 is 5.97 Å². The Balaban J connectivity index is 3.06. The van der Waals surface area contributed by atoms with E-state index in [4.69, 9.17) is 11.3 Å². The first kappa shape index (κ1) is 11.3. The number of carbonyl (C=O) groups excluding carboxylic acids is 1. The number of hydrogen-bond acceptors (Lipinski definition) is 2. The Kier molecular flexibility index (Phi) is 3.11. The fourth-order valence-electron chi connectivity index (χ4n) is 1.33. The maximum Gasteiger partial charge on any atom is 0.315 e. The molecule has 0 aliphatic carbocycles. The third-order valence-corrected chi connectivity index (χ3v) is 2.41. The van der Waals surface area contributed by atoms with Crippen LogP contribution in [0.25, 0.3) is 4.85 Å². The average molecular weight is 203 g/mol. The van der Waals surface area contributed by atoms with E-state index in [1.807, 2.05) is 0 Å². The highest BCUT2D eigenvalue weighted by molar-refractivity contribution is 5.82. The Morgan fingerprint density at radius 2 is 1.87 bits per heavy atom. The number of methoxy groups -OCH3 is 1. The molecular formula is C12H13NO2. The van der Waals surface area contributed by atoms with E-state index >= 15 is 0 Å². The highest BCUT2D eigenvalue weighted by Gasteiger charge is 2.30. The number of benzene rings is 1. The van der Waals surface area contributed by atoms with E-state index in [1.165, 1.54) is 7.11 Å². The highest BCUT2D eigenvalue weighted by Crippen LogP contribution is 2.26. The van der Waals surface area contributed by atoms with Crippen LogP contribution in [-0.4, -0.2) is 13.1 Å². The van der Waals surface area contributed by atoms with Crippen LogP contribution in [0.2, 0.25) is 0 Å². The molecule has 0 heterocycles. The van der Waals surface area contributed by atoms with Crippen LogP contribution in [0.3, 0.4) is 0 Å². The maximum absolute atomic E-state index is 11.5. The van der Waals surface area contributed by atoms with Crippen molar-refractivity contribution in [2.24, 2.45) is 0 Å². The minimum absolute atomic E-state index is 0.280. The van der Waals surface area contributed by atoms with Gasteiger partial charge in [0.05, 0.1) is 19.1 Å². The van der Waals surface area contributed by atoms with Gasteiger partial charge in [-0.15, -0.1) is 0 Å². The molecule has 1 rings (SSSR count). The van der Waals surface area contributed by atoms with Gasteiger partial charge in [0, 0.05) is 0 Å². The Bertz CT molecular complexity index is 399.